The van der Waals surface area contributed by atoms with Gasteiger partial charge in [0.25, 0.3) is 0 Å². The first-order valence-corrected chi connectivity index (χ1v) is 5.14. The Morgan fingerprint density at radius 2 is 2.15 bits per heavy atom. The van der Waals surface area contributed by atoms with Crippen molar-refractivity contribution in [2.24, 2.45) is 0 Å². The van der Waals surface area contributed by atoms with Gasteiger partial charge in [0, 0.05) is 6.42 Å². The van der Waals surface area contributed by atoms with Gasteiger partial charge in [-0.2, -0.15) is 0 Å². The van der Waals surface area contributed by atoms with Gasteiger partial charge >= 0.3 is 7.82 Å². The van der Waals surface area contributed by atoms with Crippen molar-refractivity contribution in [3.63, 3.8) is 0 Å². The first-order valence-electron chi connectivity index (χ1n) is 3.60. The maximum absolute atomic E-state index is 10.3. The Hall–Kier alpha value is -0.0100. The van der Waals surface area contributed by atoms with Crippen molar-refractivity contribution >= 4 is 7.82 Å². The first kappa shape index (κ1) is 11.1. The van der Waals surface area contributed by atoms with Gasteiger partial charge in [-0.1, -0.05) is 0 Å². The van der Waals surface area contributed by atoms with Crippen LogP contribution >= 0.6 is 7.82 Å². The summed E-state index contributed by atoms with van der Waals surface area (Å²) in [6, 6.07) is 0. The van der Waals surface area contributed by atoms with E-state index in [4.69, 9.17) is 24.7 Å². The summed E-state index contributed by atoms with van der Waals surface area (Å²) in [5, 5.41) is 17.8. The van der Waals surface area contributed by atoms with E-state index in [2.05, 4.69) is 4.52 Å². The third-order valence-corrected chi connectivity index (χ3v) is 2.13. The monoisotopic (exact) mass is 214 g/mol. The van der Waals surface area contributed by atoms with Crippen molar-refractivity contribution in [3.05, 3.63) is 0 Å². The van der Waals surface area contributed by atoms with E-state index in [0.29, 0.717) is 0 Å². The molecule has 1 saturated heterocycles. The fourth-order valence-electron chi connectivity index (χ4n) is 1.08. The minimum Gasteiger partial charge on any atom is -0.394 e. The lowest BCUT2D eigenvalue weighted by Gasteiger charge is -2.12. The molecule has 0 aromatic rings. The van der Waals surface area contributed by atoms with E-state index in [9.17, 15) is 4.57 Å². The lowest BCUT2D eigenvalue weighted by molar-refractivity contribution is -0.102. The average molecular weight is 214 g/mol. The van der Waals surface area contributed by atoms with Gasteiger partial charge in [-0.05, 0) is 0 Å². The van der Waals surface area contributed by atoms with Gasteiger partial charge in [0.05, 0.1) is 12.7 Å². The Kier molecular flexibility index (Phi) is 3.42. The molecule has 0 aromatic carbocycles. The third-order valence-electron chi connectivity index (χ3n) is 1.62. The van der Waals surface area contributed by atoms with E-state index < -0.39 is 32.9 Å². The number of aliphatic hydroxyl groups excluding tert-OH is 2. The van der Waals surface area contributed by atoms with Gasteiger partial charge in [0.15, 0.2) is 6.29 Å². The van der Waals surface area contributed by atoms with Crippen molar-refractivity contribution in [2.45, 2.75) is 24.9 Å². The summed E-state index contributed by atoms with van der Waals surface area (Å²) in [5.41, 5.74) is 0. The zero-order chi connectivity index (χ0) is 10.1. The van der Waals surface area contributed by atoms with Crippen molar-refractivity contribution in [3.8, 4) is 0 Å². The van der Waals surface area contributed by atoms with E-state index in [1.165, 1.54) is 0 Å². The number of ether oxygens (including phenoxy) is 1. The maximum atomic E-state index is 10.3. The zero-order valence-corrected chi connectivity index (χ0v) is 7.50. The highest BCUT2D eigenvalue weighted by Crippen LogP contribution is 2.40. The molecular formula is C5H11O7P. The summed E-state index contributed by atoms with van der Waals surface area (Å²) >= 11 is 0. The fraction of sp³-hybridized carbons (Fsp3) is 1.00. The Morgan fingerprint density at radius 1 is 1.54 bits per heavy atom. The maximum Gasteiger partial charge on any atom is 0.471 e. The molecule has 1 aliphatic heterocycles. The van der Waals surface area contributed by atoms with Crippen molar-refractivity contribution in [1.29, 1.82) is 0 Å². The topological polar surface area (TPSA) is 116 Å². The van der Waals surface area contributed by atoms with Crippen molar-refractivity contribution in [1.82, 2.24) is 0 Å². The molecule has 0 bridgehead atoms. The molecule has 0 amide bonds. The summed E-state index contributed by atoms with van der Waals surface area (Å²) in [6.45, 7) is -0.414. The Bertz CT molecular complexity index is 213. The molecule has 0 saturated carbocycles. The molecule has 78 valence electrons. The van der Waals surface area contributed by atoms with Crippen molar-refractivity contribution < 1.29 is 33.8 Å². The molecule has 1 heterocycles. The standard InChI is InChI=1S/C5H11O7P/c6-2-4-3(7)1-5(11-4)12-13(8,9)10/h3-7H,1-2H2,(H2,8,9,10)/t3-,4+,5+/m0/s1. The largest absolute Gasteiger partial charge is 0.471 e. The molecule has 1 rings (SSSR count). The number of aliphatic hydroxyl groups is 2. The Labute approximate surface area is 74.1 Å². The molecule has 1 fully saturated rings. The lowest BCUT2D eigenvalue weighted by atomic mass is 10.2. The summed E-state index contributed by atoms with van der Waals surface area (Å²) in [5.74, 6) is 0. The third kappa shape index (κ3) is 3.32. The van der Waals surface area contributed by atoms with Crippen LogP contribution in [0, 0.1) is 0 Å². The average Bonchev–Trinajstić information content (AvgIpc) is 2.26. The van der Waals surface area contributed by atoms with Gasteiger partial charge in [-0.3, -0.25) is 4.52 Å². The molecule has 7 nitrogen and oxygen atoms in total. The van der Waals surface area contributed by atoms with E-state index in [1.54, 1.807) is 0 Å². The summed E-state index contributed by atoms with van der Waals surface area (Å²) in [6.07, 6.45) is -3.01. The van der Waals surface area contributed by atoms with Crippen LogP contribution in [0.15, 0.2) is 0 Å². The molecule has 8 heteroatoms. The molecule has 0 spiro atoms. The zero-order valence-electron chi connectivity index (χ0n) is 6.61. The summed E-state index contributed by atoms with van der Waals surface area (Å²) in [7, 11) is -4.60. The number of phosphoric ester groups is 1. The van der Waals surface area contributed by atoms with Gasteiger partial charge in [-0.15, -0.1) is 0 Å². The van der Waals surface area contributed by atoms with E-state index >= 15 is 0 Å². The first-order chi connectivity index (χ1) is 5.92. The van der Waals surface area contributed by atoms with Gasteiger partial charge < -0.3 is 24.7 Å². The second-order valence-corrected chi connectivity index (χ2v) is 3.88. The fourth-order valence-corrected chi connectivity index (χ4v) is 1.52. The number of phosphoric acid groups is 1. The van der Waals surface area contributed by atoms with Gasteiger partial charge in [0.1, 0.15) is 6.10 Å². The molecule has 13 heavy (non-hydrogen) atoms. The molecule has 0 unspecified atom stereocenters. The number of hydrogen-bond acceptors (Lipinski definition) is 5. The predicted octanol–water partition coefficient (Wildman–Crippen LogP) is -1.44. The van der Waals surface area contributed by atoms with Crippen LogP contribution in [0.2, 0.25) is 0 Å². The van der Waals surface area contributed by atoms with E-state index in [1.807, 2.05) is 0 Å². The molecule has 4 N–H and O–H groups in total. The second-order valence-electron chi connectivity index (χ2n) is 2.69. The van der Waals surface area contributed by atoms with Crippen LogP contribution < -0.4 is 0 Å². The lowest BCUT2D eigenvalue weighted by Crippen LogP contribution is -2.24. The highest BCUT2D eigenvalue weighted by molar-refractivity contribution is 7.46. The van der Waals surface area contributed by atoms with Crippen LogP contribution in [0.4, 0.5) is 0 Å². The SMILES string of the molecule is O=P(O)(O)O[C@@H]1C[C@H](O)[C@@H](CO)O1. The molecule has 0 aromatic heterocycles. The van der Waals surface area contributed by atoms with Gasteiger partial charge in [-0.25, -0.2) is 4.57 Å². The van der Waals surface area contributed by atoms with E-state index in [0.717, 1.165) is 0 Å². The van der Waals surface area contributed by atoms with Crippen LogP contribution in [0.1, 0.15) is 6.42 Å². The highest BCUT2D eigenvalue weighted by Gasteiger charge is 2.37. The summed E-state index contributed by atoms with van der Waals surface area (Å²) in [4.78, 5) is 16.8. The second kappa shape index (κ2) is 4.02. The molecule has 0 aliphatic carbocycles. The highest BCUT2D eigenvalue weighted by atomic mass is 31.2. The minimum absolute atomic E-state index is 0.0592. The minimum atomic E-state index is -4.60. The smallest absolute Gasteiger partial charge is 0.394 e. The molecule has 0 radical (unpaired) electrons. The molecular weight excluding hydrogens is 203 g/mol. The van der Waals surface area contributed by atoms with Crippen molar-refractivity contribution in [2.75, 3.05) is 6.61 Å². The van der Waals surface area contributed by atoms with Crippen LogP contribution in [-0.4, -0.2) is 45.1 Å². The van der Waals surface area contributed by atoms with Crippen LogP contribution in [0.5, 0.6) is 0 Å². The van der Waals surface area contributed by atoms with Crippen LogP contribution in [0.3, 0.4) is 0 Å². The van der Waals surface area contributed by atoms with Crippen LogP contribution in [-0.2, 0) is 13.8 Å². The number of rotatable bonds is 3. The molecule has 1 aliphatic rings. The predicted molar refractivity (Wildman–Crippen MR) is 39.5 cm³/mol. The Morgan fingerprint density at radius 3 is 2.54 bits per heavy atom. The van der Waals surface area contributed by atoms with Gasteiger partial charge in [0.2, 0.25) is 0 Å². The quantitative estimate of drug-likeness (QED) is 0.425. The Balaban J connectivity index is 2.45. The normalized spacial score (nSPS) is 35.2. The van der Waals surface area contributed by atoms with Crippen LogP contribution in [0.25, 0.3) is 0 Å². The molecule has 3 atom stereocenters. The number of hydrogen-bond donors (Lipinski definition) is 4. The summed E-state index contributed by atoms with van der Waals surface area (Å²) < 4.78 is 19.3. The van der Waals surface area contributed by atoms with E-state index in [-0.39, 0.29) is 6.42 Å².